The molecule has 26 heavy (non-hydrogen) atoms. The number of aromatic amines is 1. The molecule has 3 aromatic rings. The summed E-state index contributed by atoms with van der Waals surface area (Å²) in [4.78, 5) is 17.5. The Balaban J connectivity index is 1.59. The van der Waals surface area contributed by atoms with Crippen molar-refractivity contribution in [1.29, 1.82) is 0 Å². The zero-order valence-electron chi connectivity index (χ0n) is 13.4. The summed E-state index contributed by atoms with van der Waals surface area (Å²) in [6.45, 7) is 1.67. The van der Waals surface area contributed by atoms with Crippen LogP contribution in [-0.4, -0.2) is 26.3 Å². The number of nitrogens with zero attached hydrogens (tertiary/aromatic N) is 2. The highest BCUT2D eigenvalue weighted by molar-refractivity contribution is 8.00. The van der Waals surface area contributed by atoms with Crippen molar-refractivity contribution in [2.45, 2.75) is 23.5 Å². The quantitative estimate of drug-likeness (QED) is 0.613. The first-order valence-electron chi connectivity index (χ1n) is 7.44. The molecular formula is C16H13F3N4OS2. The molecule has 0 aliphatic heterocycles. The maximum Gasteiger partial charge on any atom is 0.416 e. The Labute approximate surface area is 155 Å². The van der Waals surface area contributed by atoms with Crippen molar-refractivity contribution in [3.63, 3.8) is 0 Å². The monoisotopic (exact) mass is 398 g/mol. The van der Waals surface area contributed by atoms with E-state index in [9.17, 15) is 18.0 Å². The zero-order chi connectivity index (χ0) is 18.7. The van der Waals surface area contributed by atoms with Gasteiger partial charge in [0.15, 0.2) is 5.82 Å². The van der Waals surface area contributed by atoms with Gasteiger partial charge in [-0.1, -0.05) is 17.8 Å². The molecule has 136 valence electrons. The number of carbonyl (C=O) groups excluding carboxylic acids is 1. The molecule has 0 spiro atoms. The van der Waals surface area contributed by atoms with Gasteiger partial charge in [-0.15, -0.1) is 16.4 Å². The van der Waals surface area contributed by atoms with Gasteiger partial charge in [-0.3, -0.25) is 9.89 Å². The molecular weight excluding hydrogens is 385 g/mol. The van der Waals surface area contributed by atoms with Crippen LogP contribution in [0.3, 0.4) is 0 Å². The van der Waals surface area contributed by atoms with E-state index in [0.29, 0.717) is 16.7 Å². The molecule has 1 aromatic carbocycles. The number of carbonyl (C=O) groups is 1. The third kappa shape index (κ3) is 4.44. The predicted octanol–water partition coefficient (Wildman–Crippen LogP) is 4.67. The lowest BCUT2D eigenvalue weighted by molar-refractivity contribution is -0.137. The van der Waals surface area contributed by atoms with E-state index in [4.69, 9.17) is 0 Å². The lowest BCUT2D eigenvalue weighted by atomic mass is 10.2. The van der Waals surface area contributed by atoms with Crippen molar-refractivity contribution in [2.24, 2.45) is 0 Å². The van der Waals surface area contributed by atoms with Crippen LogP contribution in [0.2, 0.25) is 0 Å². The summed E-state index contributed by atoms with van der Waals surface area (Å²) in [5.74, 6) is 0.273. The van der Waals surface area contributed by atoms with Gasteiger partial charge in [0.05, 0.1) is 15.7 Å². The molecule has 2 aromatic heterocycles. The third-order valence-electron chi connectivity index (χ3n) is 3.35. The Bertz CT molecular complexity index is 876. The lowest BCUT2D eigenvalue weighted by Gasteiger charge is -2.11. The predicted molar refractivity (Wildman–Crippen MR) is 95.1 cm³/mol. The highest BCUT2D eigenvalue weighted by Crippen LogP contribution is 2.30. The van der Waals surface area contributed by atoms with E-state index >= 15 is 0 Å². The van der Waals surface area contributed by atoms with E-state index in [2.05, 4.69) is 20.5 Å². The molecule has 0 fully saturated rings. The highest BCUT2D eigenvalue weighted by Gasteiger charge is 2.30. The van der Waals surface area contributed by atoms with Crippen molar-refractivity contribution >= 4 is 34.7 Å². The average Bonchev–Trinajstić information content (AvgIpc) is 3.25. The van der Waals surface area contributed by atoms with Gasteiger partial charge in [0.1, 0.15) is 0 Å². The van der Waals surface area contributed by atoms with Crippen LogP contribution in [0.15, 0.2) is 46.9 Å². The SMILES string of the molecule is CC(Sc1n[nH]c(-c2cccs2)n1)C(=O)Nc1ccc(C(F)(F)F)cc1. The van der Waals surface area contributed by atoms with Gasteiger partial charge in [-0.2, -0.15) is 13.2 Å². The minimum Gasteiger partial charge on any atom is -0.325 e. The van der Waals surface area contributed by atoms with Crippen molar-refractivity contribution in [1.82, 2.24) is 15.2 Å². The molecule has 1 unspecified atom stereocenters. The number of aromatic nitrogens is 3. The number of anilines is 1. The van der Waals surface area contributed by atoms with Crippen LogP contribution >= 0.6 is 23.1 Å². The summed E-state index contributed by atoms with van der Waals surface area (Å²) in [7, 11) is 0. The minimum atomic E-state index is -4.41. The maximum atomic E-state index is 12.5. The number of alkyl halides is 3. The Morgan fingerprint density at radius 3 is 2.62 bits per heavy atom. The van der Waals surface area contributed by atoms with Gasteiger partial charge in [-0.05, 0) is 42.6 Å². The summed E-state index contributed by atoms with van der Waals surface area (Å²) >= 11 is 2.67. The fourth-order valence-electron chi connectivity index (χ4n) is 2.02. The molecule has 0 aliphatic carbocycles. The summed E-state index contributed by atoms with van der Waals surface area (Å²) in [5, 5.41) is 11.3. The van der Waals surface area contributed by atoms with Gasteiger partial charge in [-0.25, -0.2) is 4.98 Å². The standard InChI is InChI=1S/C16H13F3N4OS2/c1-9(26-15-21-13(22-23-15)12-3-2-8-25-12)14(24)20-11-6-4-10(5-7-11)16(17,18)19/h2-9H,1H3,(H,20,24)(H,21,22,23). The molecule has 0 aliphatic rings. The van der Waals surface area contributed by atoms with Crippen LogP contribution in [0.25, 0.3) is 10.7 Å². The van der Waals surface area contributed by atoms with Crippen LogP contribution in [0.1, 0.15) is 12.5 Å². The first kappa shape index (κ1) is 18.5. The number of hydrogen-bond acceptors (Lipinski definition) is 5. The van der Waals surface area contributed by atoms with Crippen molar-refractivity contribution in [2.75, 3.05) is 5.32 Å². The summed E-state index contributed by atoms with van der Waals surface area (Å²) < 4.78 is 37.6. The van der Waals surface area contributed by atoms with Gasteiger partial charge in [0.25, 0.3) is 0 Å². The second-order valence-corrected chi connectivity index (χ2v) is 7.52. The van der Waals surface area contributed by atoms with Crippen LogP contribution in [0.5, 0.6) is 0 Å². The van der Waals surface area contributed by atoms with Crippen LogP contribution in [0.4, 0.5) is 18.9 Å². The third-order valence-corrected chi connectivity index (χ3v) is 5.19. The number of hydrogen-bond donors (Lipinski definition) is 2. The zero-order valence-corrected chi connectivity index (χ0v) is 15.0. The molecule has 0 saturated carbocycles. The van der Waals surface area contributed by atoms with Crippen molar-refractivity contribution < 1.29 is 18.0 Å². The number of nitrogens with one attached hydrogen (secondary N) is 2. The van der Waals surface area contributed by atoms with Crippen LogP contribution in [0, 0.1) is 0 Å². The van der Waals surface area contributed by atoms with E-state index in [1.54, 1.807) is 6.92 Å². The van der Waals surface area contributed by atoms with E-state index in [-0.39, 0.29) is 5.91 Å². The van der Waals surface area contributed by atoms with E-state index in [1.165, 1.54) is 23.5 Å². The number of thioether (sulfide) groups is 1. The van der Waals surface area contributed by atoms with E-state index < -0.39 is 17.0 Å². The van der Waals surface area contributed by atoms with Crippen molar-refractivity contribution in [3.8, 4) is 10.7 Å². The molecule has 0 bridgehead atoms. The molecule has 0 saturated heterocycles. The Hall–Kier alpha value is -2.33. The summed E-state index contributed by atoms with van der Waals surface area (Å²) in [6, 6.07) is 8.10. The first-order chi connectivity index (χ1) is 12.3. The van der Waals surface area contributed by atoms with Crippen LogP contribution < -0.4 is 5.32 Å². The Morgan fingerprint density at radius 2 is 2.00 bits per heavy atom. The molecule has 1 atom stereocenters. The molecule has 3 rings (SSSR count). The second kappa shape index (κ2) is 7.50. The first-order valence-corrected chi connectivity index (χ1v) is 9.20. The maximum absolute atomic E-state index is 12.5. The largest absolute Gasteiger partial charge is 0.416 e. The second-order valence-electron chi connectivity index (χ2n) is 5.27. The molecule has 2 N–H and O–H groups in total. The number of thiophene rings is 1. The minimum absolute atomic E-state index is 0.296. The van der Waals surface area contributed by atoms with Gasteiger partial charge in [0.2, 0.25) is 11.1 Å². The molecule has 2 heterocycles. The Kier molecular flexibility index (Phi) is 5.33. The van der Waals surface area contributed by atoms with Crippen molar-refractivity contribution in [3.05, 3.63) is 47.3 Å². The van der Waals surface area contributed by atoms with Gasteiger partial charge in [0, 0.05) is 5.69 Å². The van der Waals surface area contributed by atoms with Gasteiger partial charge < -0.3 is 5.32 Å². The summed E-state index contributed by atoms with van der Waals surface area (Å²) in [5.41, 5.74) is -0.468. The smallest absolute Gasteiger partial charge is 0.325 e. The number of benzene rings is 1. The van der Waals surface area contributed by atoms with Crippen LogP contribution in [-0.2, 0) is 11.0 Å². The molecule has 1 amide bonds. The Morgan fingerprint density at radius 1 is 1.27 bits per heavy atom. The van der Waals surface area contributed by atoms with E-state index in [0.717, 1.165) is 28.8 Å². The molecule has 0 radical (unpaired) electrons. The molecule has 5 nitrogen and oxygen atoms in total. The molecule has 10 heteroatoms. The number of rotatable bonds is 5. The fraction of sp³-hybridized carbons (Fsp3) is 0.188. The fourth-order valence-corrected chi connectivity index (χ4v) is 3.41. The number of H-pyrrole nitrogens is 1. The van der Waals surface area contributed by atoms with E-state index in [1.807, 2.05) is 17.5 Å². The van der Waals surface area contributed by atoms with Gasteiger partial charge >= 0.3 is 6.18 Å². The number of amides is 1. The normalized spacial score (nSPS) is 12.8. The summed E-state index contributed by atoms with van der Waals surface area (Å²) in [6.07, 6.45) is -4.41. The lowest BCUT2D eigenvalue weighted by Crippen LogP contribution is -2.22. The highest BCUT2D eigenvalue weighted by atomic mass is 32.2. The number of halogens is 3. The average molecular weight is 398 g/mol. The topological polar surface area (TPSA) is 70.7 Å².